The van der Waals surface area contributed by atoms with Crippen molar-refractivity contribution in [3.8, 4) is 5.75 Å². The van der Waals surface area contributed by atoms with Gasteiger partial charge in [0.25, 0.3) is 0 Å². The average Bonchev–Trinajstić information content (AvgIpc) is 2.94. The van der Waals surface area contributed by atoms with Crippen LogP contribution in [0.4, 0.5) is 0 Å². The average molecular weight is 303 g/mol. The van der Waals surface area contributed by atoms with Crippen molar-refractivity contribution in [1.29, 1.82) is 0 Å². The Hall–Kier alpha value is -1.32. The molecule has 1 N–H and O–H groups in total. The minimum Gasteiger partial charge on any atom is -0.496 e. The van der Waals surface area contributed by atoms with Crippen LogP contribution in [0.2, 0.25) is 0 Å². The summed E-state index contributed by atoms with van der Waals surface area (Å²) in [5.74, 6) is 0.957. The van der Waals surface area contributed by atoms with Gasteiger partial charge in [-0.25, -0.2) is 0 Å². The van der Waals surface area contributed by atoms with Gasteiger partial charge in [-0.3, -0.25) is 0 Å². The predicted molar refractivity (Wildman–Crippen MR) is 91.5 cm³/mol. The predicted octanol–water partition coefficient (Wildman–Crippen LogP) is 4.52. The highest BCUT2D eigenvalue weighted by Gasteiger charge is 2.14. The largest absolute Gasteiger partial charge is 0.496 e. The Balaban J connectivity index is 2.19. The van der Waals surface area contributed by atoms with Gasteiger partial charge in [-0.05, 0) is 49.2 Å². The first-order chi connectivity index (χ1) is 10.2. The second kappa shape index (κ2) is 7.62. The lowest BCUT2D eigenvalue weighted by Gasteiger charge is -2.19. The second-order valence-electron chi connectivity index (χ2n) is 5.27. The van der Waals surface area contributed by atoms with E-state index in [0.29, 0.717) is 6.04 Å². The van der Waals surface area contributed by atoms with Gasteiger partial charge in [-0.15, -0.1) is 11.3 Å². The Morgan fingerprint density at radius 1 is 1.14 bits per heavy atom. The molecule has 1 aromatic heterocycles. The summed E-state index contributed by atoms with van der Waals surface area (Å²) in [7, 11) is 1.72. The van der Waals surface area contributed by atoms with Gasteiger partial charge in [0.05, 0.1) is 7.11 Å². The van der Waals surface area contributed by atoms with Crippen molar-refractivity contribution in [3.05, 3.63) is 51.2 Å². The van der Waals surface area contributed by atoms with Crippen LogP contribution in [-0.4, -0.2) is 13.7 Å². The molecular formula is C18H25NOS. The van der Waals surface area contributed by atoms with Crippen molar-refractivity contribution in [2.24, 2.45) is 0 Å². The van der Waals surface area contributed by atoms with Gasteiger partial charge < -0.3 is 10.1 Å². The number of aryl methyl sites for hydroxylation is 2. The van der Waals surface area contributed by atoms with E-state index in [0.717, 1.165) is 25.1 Å². The molecule has 0 saturated carbocycles. The first-order valence-corrected chi connectivity index (χ1v) is 8.45. The fraction of sp³-hybridized carbons (Fsp3) is 0.444. The first-order valence-electron chi connectivity index (χ1n) is 7.63. The lowest BCUT2D eigenvalue weighted by molar-refractivity contribution is 0.411. The first kappa shape index (κ1) is 16.1. The molecule has 0 amide bonds. The molecule has 0 aliphatic rings. The molecule has 2 rings (SSSR count). The quantitative estimate of drug-likeness (QED) is 0.812. The fourth-order valence-corrected chi connectivity index (χ4v) is 3.60. The van der Waals surface area contributed by atoms with Crippen molar-refractivity contribution >= 4 is 11.3 Å². The molecule has 1 unspecified atom stereocenters. The highest BCUT2D eigenvalue weighted by molar-refractivity contribution is 7.11. The smallest absolute Gasteiger partial charge is 0.121 e. The van der Waals surface area contributed by atoms with E-state index in [1.165, 1.54) is 20.9 Å². The number of hydrogen-bond donors (Lipinski definition) is 1. The van der Waals surface area contributed by atoms with Gasteiger partial charge >= 0.3 is 0 Å². The highest BCUT2D eigenvalue weighted by Crippen LogP contribution is 2.27. The van der Waals surface area contributed by atoms with Crippen LogP contribution < -0.4 is 10.1 Å². The lowest BCUT2D eigenvalue weighted by Crippen LogP contribution is -2.22. The van der Waals surface area contributed by atoms with E-state index in [-0.39, 0.29) is 0 Å². The van der Waals surface area contributed by atoms with Crippen LogP contribution in [0.15, 0.2) is 30.3 Å². The third-order valence-electron chi connectivity index (χ3n) is 3.74. The number of thiophene rings is 1. The molecule has 1 atom stereocenters. The summed E-state index contributed by atoms with van der Waals surface area (Å²) >= 11 is 1.93. The fourth-order valence-electron chi connectivity index (χ4n) is 2.60. The van der Waals surface area contributed by atoms with Crippen LogP contribution in [0.25, 0.3) is 0 Å². The van der Waals surface area contributed by atoms with Gasteiger partial charge in [0, 0.05) is 22.2 Å². The molecule has 2 aromatic rings. The molecule has 114 valence electrons. The summed E-state index contributed by atoms with van der Waals surface area (Å²) in [5.41, 5.74) is 2.53. The molecule has 0 spiro atoms. The van der Waals surface area contributed by atoms with Gasteiger partial charge in [-0.2, -0.15) is 0 Å². The van der Waals surface area contributed by atoms with E-state index >= 15 is 0 Å². The van der Waals surface area contributed by atoms with E-state index < -0.39 is 0 Å². The van der Waals surface area contributed by atoms with Crippen LogP contribution in [-0.2, 0) is 12.8 Å². The number of likely N-dealkylation sites (N-methyl/N-ethyl adjacent to an activating group) is 1. The molecular weight excluding hydrogens is 278 g/mol. The molecule has 0 fully saturated rings. The zero-order valence-corrected chi connectivity index (χ0v) is 14.2. The van der Waals surface area contributed by atoms with Crippen LogP contribution >= 0.6 is 11.3 Å². The Kier molecular flexibility index (Phi) is 5.83. The monoisotopic (exact) mass is 303 g/mol. The third kappa shape index (κ3) is 4.08. The minimum absolute atomic E-state index is 0.364. The zero-order valence-electron chi connectivity index (χ0n) is 13.4. The van der Waals surface area contributed by atoms with E-state index in [9.17, 15) is 0 Å². The number of nitrogens with one attached hydrogen (secondary N) is 1. The molecule has 1 aromatic carbocycles. The van der Waals surface area contributed by atoms with Crippen LogP contribution in [0.5, 0.6) is 5.75 Å². The normalized spacial score (nSPS) is 12.4. The molecule has 2 nitrogen and oxygen atoms in total. The number of rotatable bonds is 7. The van der Waals surface area contributed by atoms with E-state index in [2.05, 4.69) is 56.4 Å². The van der Waals surface area contributed by atoms with Gasteiger partial charge in [0.2, 0.25) is 0 Å². The topological polar surface area (TPSA) is 21.3 Å². The van der Waals surface area contributed by atoms with Gasteiger partial charge in [0.15, 0.2) is 0 Å². The van der Waals surface area contributed by atoms with Crippen molar-refractivity contribution in [3.63, 3.8) is 0 Å². The minimum atomic E-state index is 0.364. The molecule has 0 aliphatic carbocycles. The molecule has 0 saturated heterocycles. The summed E-state index contributed by atoms with van der Waals surface area (Å²) in [6.07, 6.45) is 2.17. The van der Waals surface area contributed by atoms with Gasteiger partial charge in [-0.1, -0.05) is 26.0 Å². The third-order valence-corrected chi connectivity index (χ3v) is 4.99. The van der Waals surface area contributed by atoms with Crippen molar-refractivity contribution in [1.82, 2.24) is 5.32 Å². The molecule has 0 radical (unpaired) electrons. The van der Waals surface area contributed by atoms with Crippen molar-refractivity contribution in [2.45, 2.75) is 39.7 Å². The highest BCUT2D eigenvalue weighted by atomic mass is 32.1. The maximum Gasteiger partial charge on any atom is 0.121 e. The summed E-state index contributed by atoms with van der Waals surface area (Å²) in [5, 5.41) is 3.61. The van der Waals surface area contributed by atoms with E-state index in [1.54, 1.807) is 7.11 Å². The Morgan fingerprint density at radius 2 is 1.90 bits per heavy atom. The molecule has 21 heavy (non-hydrogen) atoms. The maximum atomic E-state index is 5.36. The summed E-state index contributed by atoms with van der Waals surface area (Å²) in [6, 6.07) is 11.4. The molecule has 3 heteroatoms. The molecule has 0 bridgehead atoms. The van der Waals surface area contributed by atoms with Crippen LogP contribution in [0.3, 0.4) is 0 Å². The SMILES string of the molecule is CCNC(Cc1ccc(CC)s1)c1ccc(OC)c(C)c1. The number of benzene rings is 1. The Bertz CT molecular complexity index is 576. The summed E-state index contributed by atoms with van der Waals surface area (Å²) < 4.78 is 5.36. The Morgan fingerprint density at radius 3 is 2.48 bits per heavy atom. The summed E-state index contributed by atoms with van der Waals surface area (Å²) in [4.78, 5) is 2.91. The van der Waals surface area contributed by atoms with Crippen molar-refractivity contribution in [2.75, 3.05) is 13.7 Å². The van der Waals surface area contributed by atoms with Crippen molar-refractivity contribution < 1.29 is 4.74 Å². The maximum absolute atomic E-state index is 5.36. The van der Waals surface area contributed by atoms with E-state index in [1.807, 2.05) is 11.3 Å². The number of hydrogen-bond acceptors (Lipinski definition) is 3. The lowest BCUT2D eigenvalue weighted by atomic mass is 10.0. The standard InChI is InChI=1S/C18H25NOS/c1-5-15-8-9-16(21-15)12-17(19-6-2)14-7-10-18(20-4)13(3)11-14/h7-11,17,19H,5-6,12H2,1-4H3. The van der Waals surface area contributed by atoms with Gasteiger partial charge in [0.1, 0.15) is 5.75 Å². The second-order valence-corrected chi connectivity index (χ2v) is 6.52. The number of methoxy groups -OCH3 is 1. The van der Waals surface area contributed by atoms with Crippen LogP contribution in [0.1, 0.15) is 40.8 Å². The van der Waals surface area contributed by atoms with E-state index in [4.69, 9.17) is 4.74 Å². The Labute approximate surface area is 132 Å². The molecule has 1 heterocycles. The summed E-state index contributed by atoms with van der Waals surface area (Å²) in [6.45, 7) is 7.45. The number of ether oxygens (including phenoxy) is 1. The van der Waals surface area contributed by atoms with Crippen LogP contribution in [0, 0.1) is 6.92 Å². The zero-order chi connectivity index (χ0) is 15.2. The molecule has 0 aliphatic heterocycles.